The number of hydrogen-bond acceptors (Lipinski definition) is 4. The number of carbonyl (C=O) groups excluding carboxylic acids is 2. The SMILES string of the molecule is CC(C)[C@H](Oc1ccccc1C#N)C(=O)NCCCC(N)=O. The Morgan fingerprint density at radius 3 is 2.64 bits per heavy atom. The van der Waals surface area contributed by atoms with Gasteiger partial charge in [0, 0.05) is 13.0 Å². The summed E-state index contributed by atoms with van der Waals surface area (Å²) >= 11 is 0. The van der Waals surface area contributed by atoms with Gasteiger partial charge in [0.25, 0.3) is 5.91 Å². The summed E-state index contributed by atoms with van der Waals surface area (Å²) in [6, 6.07) is 8.82. The molecule has 1 aromatic rings. The molecule has 0 spiro atoms. The molecule has 0 saturated carbocycles. The van der Waals surface area contributed by atoms with Crippen molar-refractivity contribution in [2.45, 2.75) is 32.8 Å². The number of nitrogens with two attached hydrogens (primary N) is 1. The molecule has 6 heteroatoms. The fraction of sp³-hybridized carbons (Fsp3) is 0.438. The third-order valence-corrected chi connectivity index (χ3v) is 3.02. The first kappa shape index (κ1) is 17.5. The average Bonchev–Trinajstić information content (AvgIpc) is 2.48. The topological polar surface area (TPSA) is 105 Å². The highest BCUT2D eigenvalue weighted by Gasteiger charge is 2.24. The summed E-state index contributed by atoms with van der Waals surface area (Å²) in [5, 5.41) is 11.8. The molecular weight excluding hydrogens is 282 g/mol. The van der Waals surface area contributed by atoms with E-state index in [2.05, 4.69) is 5.32 Å². The third kappa shape index (κ3) is 5.44. The van der Waals surface area contributed by atoms with Gasteiger partial charge in [0.05, 0.1) is 5.56 Å². The molecule has 1 aromatic carbocycles. The van der Waals surface area contributed by atoms with E-state index in [1.807, 2.05) is 19.9 Å². The van der Waals surface area contributed by atoms with Crippen molar-refractivity contribution in [3.05, 3.63) is 29.8 Å². The predicted octanol–water partition coefficient (Wildman–Crippen LogP) is 1.34. The molecule has 0 fully saturated rings. The number of para-hydroxylation sites is 1. The van der Waals surface area contributed by atoms with Gasteiger partial charge in [0.2, 0.25) is 5.91 Å². The highest BCUT2D eigenvalue weighted by molar-refractivity contribution is 5.81. The Balaban J connectivity index is 2.67. The first-order chi connectivity index (χ1) is 10.5. The third-order valence-electron chi connectivity index (χ3n) is 3.02. The van der Waals surface area contributed by atoms with Crippen LogP contribution in [0.2, 0.25) is 0 Å². The summed E-state index contributed by atoms with van der Waals surface area (Å²) in [6.07, 6.45) is 0.00823. The van der Waals surface area contributed by atoms with E-state index in [-0.39, 0.29) is 18.2 Å². The molecule has 0 bridgehead atoms. The van der Waals surface area contributed by atoms with Crippen LogP contribution in [0.25, 0.3) is 0 Å². The second-order valence-electron chi connectivity index (χ2n) is 5.25. The van der Waals surface area contributed by atoms with Crippen molar-refractivity contribution in [3.8, 4) is 11.8 Å². The van der Waals surface area contributed by atoms with E-state index in [1.165, 1.54) is 0 Å². The van der Waals surface area contributed by atoms with Crippen molar-refractivity contribution in [2.75, 3.05) is 6.54 Å². The van der Waals surface area contributed by atoms with Gasteiger partial charge >= 0.3 is 0 Å². The molecule has 2 amide bonds. The number of rotatable bonds is 8. The molecule has 0 heterocycles. The van der Waals surface area contributed by atoms with Crippen LogP contribution in [-0.2, 0) is 9.59 Å². The summed E-state index contributed by atoms with van der Waals surface area (Å²) in [6.45, 7) is 4.08. The summed E-state index contributed by atoms with van der Waals surface area (Å²) in [5.41, 5.74) is 5.43. The number of primary amides is 1. The van der Waals surface area contributed by atoms with Crippen LogP contribution in [0.5, 0.6) is 5.75 Å². The molecule has 22 heavy (non-hydrogen) atoms. The summed E-state index contributed by atoms with van der Waals surface area (Å²) in [7, 11) is 0. The lowest BCUT2D eigenvalue weighted by molar-refractivity contribution is -0.130. The minimum atomic E-state index is -0.705. The number of carbonyl (C=O) groups is 2. The van der Waals surface area contributed by atoms with E-state index in [0.717, 1.165) is 0 Å². The first-order valence-electron chi connectivity index (χ1n) is 7.17. The van der Waals surface area contributed by atoms with Crippen LogP contribution >= 0.6 is 0 Å². The zero-order valence-corrected chi connectivity index (χ0v) is 12.8. The van der Waals surface area contributed by atoms with Crippen LogP contribution in [-0.4, -0.2) is 24.5 Å². The summed E-state index contributed by atoms with van der Waals surface area (Å²) < 4.78 is 5.71. The lowest BCUT2D eigenvalue weighted by Crippen LogP contribution is -2.42. The molecule has 0 aliphatic carbocycles. The van der Waals surface area contributed by atoms with E-state index in [9.17, 15) is 9.59 Å². The van der Waals surface area contributed by atoms with E-state index in [1.54, 1.807) is 24.3 Å². The van der Waals surface area contributed by atoms with Crippen LogP contribution in [0.3, 0.4) is 0 Å². The van der Waals surface area contributed by atoms with Crippen LogP contribution in [0.1, 0.15) is 32.3 Å². The fourth-order valence-corrected chi connectivity index (χ4v) is 1.87. The highest BCUT2D eigenvalue weighted by atomic mass is 16.5. The largest absolute Gasteiger partial charge is 0.479 e. The number of amides is 2. The van der Waals surface area contributed by atoms with Gasteiger partial charge in [-0.3, -0.25) is 9.59 Å². The van der Waals surface area contributed by atoms with Crippen LogP contribution < -0.4 is 15.8 Å². The maximum Gasteiger partial charge on any atom is 0.261 e. The Labute approximate surface area is 130 Å². The molecule has 0 aliphatic rings. The van der Waals surface area contributed by atoms with Gasteiger partial charge in [-0.15, -0.1) is 0 Å². The van der Waals surface area contributed by atoms with Crippen molar-refractivity contribution in [3.63, 3.8) is 0 Å². The predicted molar refractivity (Wildman–Crippen MR) is 81.8 cm³/mol. The minimum absolute atomic E-state index is 0.0668. The van der Waals surface area contributed by atoms with E-state index < -0.39 is 12.0 Å². The van der Waals surface area contributed by atoms with Crippen molar-refractivity contribution in [1.82, 2.24) is 5.32 Å². The van der Waals surface area contributed by atoms with E-state index in [0.29, 0.717) is 24.3 Å². The minimum Gasteiger partial charge on any atom is -0.479 e. The molecule has 0 aromatic heterocycles. The van der Waals surface area contributed by atoms with Crippen molar-refractivity contribution in [2.24, 2.45) is 11.7 Å². The average molecular weight is 303 g/mol. The van der Waals surface area contributed by atoms with Crippen LogP contribution in [0, 0.1) is 17.2 Å². The van der Waals surface area contributed by atoms with Gasteiger partial charge in [-0.1, -0.05) is 26.0 Å². The zero-order valence-electron chi connectivity index (χ0n) is 12.8. The molecule has 1 rings (SSSR count). The molecule has 6 nitrogen and oxygen atoms in total. The Hall–Kier alpha value is -2.55. The maximum absolute atomic E-state index is 12.2. The maximum atomic E-state index is 12.2. The normalized spacial score (nSPS) is 11.5. The van der Waals surface area contributed by atoms with Crippen molar-refractivity contribution < 1.29 is 14.3 Å². The van der Waals surface area contributed by atoms with Gasteiger partial charge in [-0.25, -0.2) is 0 Å². The summed E-state index contributed by atoms with van der Waals surface area (Å²) in [5.74, 6) is -0.347. The van der Waals surface area contributed by atoms with Gasteiger partial charge in [-0.2, -0.15) is 5.26 Å². The first-order valence-corrected chi connectivity index (χ1v) is 7.17. The highest BCUT2D eigenvalue weighted by Crippen LogP contribution is 2.20. The van der Waals surface area contributed by atoms with E-state index in [4.69, 9.17) is 15.7 Å². The van der Waals surface area contributed by atoms with E-state index >= 15 is 0 Å². The molecule has 3 N–H and O–H groups in total. The number of hydrogen-bond donors (Lipinski definition) is 2. The lowest BCUT2D eigenvalue weighted by atomic mass is 10.1. The number of nitrogens with zero attached hydrogens (tertiary/aromatic N) is 1. The number of nitriles is 1. The Morgan fingerprint density at radius 2 is 2.05 bits per heavy atom. The van der Waals surface area contributed by atoms with Gasteiger partial charge < -0.3 is 15.8 Å². The van der Waals surface area contributed by atoms with Gasteiger partial charge in [-0.05, 0) is 24.5 Å². The lowest BCUT2D eigenvalue weighted by Gasteiger charge is -2.22. The zero-order chi connectivity index (χ0) is 16.5. The Morgan fingerprint density at radius 1 is 1.36 bits per heavy atom. The molecule has 0 unspecified atom stereocenters. The number of benzene rings is 1. The van der Waals surface area contributed by atoms with Crippen LogP contribution in [0.4, 0.5) is 0 Å². The molecular formula is C16H21N3O3. The fourth-order valence-electron chi connectivity index (χ4n) is 1.87. The molecule has 0 saturated heterocycles. The number of nitrogens with one attached hydrogen (secondary N) is 1. The second kappa shape index (κ2) is 8.67. The van der Waals surface area contributed by atoms with Gasteiger partial charge in [0.1, 0.15) is 11.8 Å². The smallest absolute Gasteiger partial charge is 0.261 e. The monoisotopic (exact) mass is 303 g/mol. The Kier molecular flexibility index (Phi) is 6.90. The molecule has 1 atom stereocenters. The van der Waals surface area contributed by atoms with Crippen molar-refractivity contribution >= 4 is 11.8 Å². The molecule has 0 aliphatic heterocycles. The Bertz CT molecular complexity index is 564. The quantitative estimate of drug-likeness (QED) is 0.707. The standard InChI is InChI=1S/C16H21N3O3/c1-11(2)15(16(21)19-9-5-8-14(18)20)22-13-7-4-3-6-12(13)10-17/h3-4,6-7,11,15H,5,8-9H2,1-2H3,(H2,18,20)(H,19,21)/t15-/m0/s1. The summed E-state index contributed by atoms with van der Waals surface area (Å²) in [4.78, 5) is 22.9. The van der Waals surface area contributed by atoms with Gasteiger partial charge in [0.15, 0.2) is 6.10 Å². The molecule has 118 valence electrons. The van der Waals surface area contributed by atoms with Crippen molar-refractivity contribution in [1.29, 1.82) is 5.26 Å². The van der Waals surface area contributed by atoms with Crippen LogP contribution in [0.15, 0.2) is 24.3 Å². The number of ether oxygens (including phenoxy) is 1. The second-order valence-corrected chi connectivity index (χ2v) is 5.25. The molecule has 0 radical (unpaired) electrons.